The molecule has 1 amide bonds. The summed E-state index contributed by atoms with van der Waals surface area (Å²) >= 11 is 0. The van der Waals surface area contributed by atoms with Crippen LogP contribution in [0, 0.1) is 5.92 Å². The summed E-state index contributed by atoms with van der Waals surface area (Å²) in [7, 11) is 0. The molecule has 2 aliphatic heterocycles. The molecule has 116 valence electrons. The number of nitrogens with zero attached hydrogens (tertiary/aromatic N) is 2. The first-order chi connectivity index (χ1) is 9.47. The number of hydrogen-bond donors (Lipinski definition) is 0. The zero-order valence-corrected chi connectivity index (χ0v) is 11.8. The summed E-state index contributed by atoms with van der Waals surface area (Å²) in [6.07, 6.45) is 0.639. The zero-order chi connectivity index (χ0) is 14.6. The fourth-order valence-electron chi connectivity index (χ4n) is 3.04. The molecule has 0 aromatic heterocycles. The van der Waals surface area contributed by atoms with E-state index in [0.717, 1.165) is 25.9 Å². The summed E-state index contributed by atoms with van der Waals surface area (Å²) < 4.78 is 37.7. The highest BCUT2D eigenvalue weighted by Gasteiger charge is 2.41. The molecule has 2 saturated heterocycles. The molecule has 2 rings (SSSR count). The summed E-state index contributed by atoms with van der Waals surface area (Å²) in [4.78, 5) is 15.9. The number of amides is 1. The Bertz CT molecular complexity index is 317. The summed E-state index contributed by atoms with van der Waals surface area (Å²) in [5.74, 6) is -1.24. The maximum absolute atomic E-state index is 12.6. The standard InChI is InChI=1S/C14H23F3N2O/c15-14(16,17)12-5-9-19(10-6-12)13(20)11-18-7-3-1-2-4-8-18/h12H,1-11H2. The molecule has 2 heterocycles. The lowest BCUT2D eigenvalue weighted by Gasteiger charge is -2.34. The van der Waals surface area contributed by atoms with Crippen LogP contribution in [0.15, 0.2) is 0 Å². The predicted octanol–water partition coefficient (Wildman–Crippen LogP) is 2.66. The Balaban J connectivity index is 1.76. The minimum atomic E-state index is -4.11. The number of halogens is 3. The summed E-state index contributed by atoms with van der Waals surface area (Å²) in [6.45, 7) is 2.74. The van der Waals surface area contributed by atoms with Gasteiger partial charge in [-0.1, -0.05) is 12.8 Å². The van der Waals surface area contributed by atoms with Gasteiger partial charge in [0.25, 0.3) is 0 Å². The average molecular weight is 292 g/mol. The van der Waals surface area contributed by atoms with Crippen molar-refractivity contribution in [1.29, 1.82) is 0 Å². The van der Waals surface area contributed by atoms with Crippen molar-refractivity contribution in [3.63, 3.8) is 0 Å². The van der Waals surface area contributed by atoms with Crippen LogP contribution < -0.4 is 0 Å². The maximum atomic E-state index is 12.6. The van der Waals surface area contributed by atoms with Crippen LogP contribution in [0.2, 0.25) is 0 Å². The van der Waals surface area contributed by atoms with E-state index in [1.54, 1.807) is 4.90 Å². The third-order valence-corrected chi connectivity index (χ3v) is 4.37. The van der Waals surface area contributed by atoms with Crippen LogP contribution in [0.25, 0.3) is 0 Å². The molecule has 3 nitrogen and oxygen atoms in total. The Kier molecular flexibility index (Phi) is 5.29. The first kappa shape index (κ1) is 15.6. The molecule has 0 aliphatic carbocycles. The lowest BCUT2D eigenvalue weighted by Crippen LogP contribution is -2.46. The predicted molar refractivity (Wildman–Crippen MR) is 70.3 cm³/mol. The zero-order valence-electron chi connectivity index (χ0n) is 11.8. The topological polar surface area (TPSA) is 23.6 Å². The highest BCUT2D eigenvalue weighted by atomic mass is 19.4. The Morgan fingerprint density at radius 3 is 2.00 bits per heavy atom. The van der Waals surface area contributed by atoms with Crippen molar-refractivity contribution in [1.82, 2.24) is 9.80 Å². The summed E-state index contributed by atoms with van der Waals surface area (Å²) in [5, 5.41) is 0. The summed E-state index contributed by atoms with van der Waals surface area (Å²) in [6, 6.07) is 0. The fraction of sp³-hybridized carbons (Fsp3) is 0.929. The van der Waals surface area contributed by atoms with E-state index in [9.17, 15) is 18.0 Å². The van der Waals surface area contributed by atoms with E-state index in [4.69, 9.17) is 0 Å². The first-order valence-electron chi connectivity index (χ1n) is 7.53. The molecule has 0 unspecified atom stereocenters. The molecule has 0 N–H and O–H groups in total. The number of carbonyl (C=O) groups excluding carboxylic acids is 1. The molecular formula is C14H23F3N2O. The normalized spacial score (nSPS) is 23.6. The minimum absolute atomic E-state index is 0.00692. The molecule has 0 spiro atoms. The van der Waals surface area contributed by atoms with Crippen molar-refractivity contribution >= 4 is 5.91 Å². The van der Waals surface area contributed by atoms with Gasteiger partial charge >= 0.3 is 6.18 Å². The molecule has 0 saturated carbocycles. The monoisotopic (exact) mass is 292 g/mol. The van der Waals surface area contributed by atoms with E-state index >= 15 is 0 Å². The van der Waals surface area contributed by atoms with Crippen molar-refractivity contribution in [2.24, 2.45) is 5.92 Å². The third kappa shape index (κ3) is 4.36. The summed E-state index contributed by atoms with van der Waals surface area (Å²) in [5.41, 5.74) is 0. The molecule has 0 aromatic rings. The second kappa shape index (κ2) is 6.78. The van der Waals surface area contributed by atoms with Crippen LogP contribution in [0.3, 0.4) is 0 Å². The van der Waals surface area contributed by atoms with Crippen LogP contribution >= 0.6 is 0 Å². The maximum Gasteiger partial charge on any atom is 0.391 e. The lowest BCUT2D eigenvalue weighted by molar-refractivity contribution is -0.186. The van der Waals surface area contributed by atoms with Gasteiger partial charge in [0.2, 0.25) is 5.91 Å². The minimum Gasteiger partial charge on any atom is -0.342 e. The smallest absolute Gasteiger partial charge is 0.342 e. The highest BCUT2D eigenvalue weighted by Crippen LogP contribution is 2.34. The van der Waals surface area contributed by atoms with E-state index in [1.807, 2.05) is 0 Å². The molecule has 6 heteroatoms. The Hall–Kier alpha value is -0.780. The Labute approximate surface area is 118 Å². The van der Waals surface area contributed by atoms with Crippen molar-refractivity contribution in [3.05, 3.63) is 0 Å². The van der Waals surface area contributed by atoms with Gasteiger partial charge in [-0.25, -0.2) is 0 Å². The number of carbonyl (C=O) groups is 1. The van der Waals surface area contributed by atoms with Gasteiger partial charge in [0.1, 0.15) is 0 Å². The molecule has 20 heavy (non-hydrogen) atoms. The second-order valence-electron chi connectivity index (χ2n) is 5.89. The van der Waals surface area contributed by atoms with Gasteiger partial charge in [0, 0.05) is 13.1 Å². The van der Waals surface area contributed by atoms with Gasteiger partial charge in [0.05, 0.1) is 12.5 Å². The van der Waals surface area contributed by atoms with Crippen LogP contribution in [0.1, 0.15) is 38.5 Å². The lowest BCUT2D eigenvalue weighted by atomic mass is 9.96. The van der Waals surface area contributed by atoms with Crippen LogP contribution in [-0.2, 0) is 4.79 Å². The molecule has 0 bridgehead atoms. The van der Waals surface area contributed by atoms with Crippen molar-refractivity contribution < 1.29 is 18.0 Å². The van der Waals surface area contributed by atoms with Crippen molar-refractivity contribution in [2.75, 3.05) is 32.7 Å². The number of alkyl halides is 3. The van der Waals surface area contributed by atoms with Crippen LogP contribution in [0.5, 0.6) is 0 Å². The quantitative estimate of drug-likeness (QED) is 0.781. The van der Waals surface area contributed by atoms with Gasteiger partial charge in [-0.15, -0.1) is 0 Å². The van der Waals surface area contributed by atoms with Crippen LogP contribution in [0.4, 0.5) is 13.2 Å². The molecule has 0 atom stereocenters. The van der Waals surface area contributed by atoms with Gasteiger partial charge in [-0.3, -0.25) is 9.69 Å². The van der Waals surface area contributed by atoms with Gasteiger partial charge in [0.15, 0.2) is 0 Å². The average Bonchev–Trinajstić information content (AvgIpc) is 2.66. The molecule has 0 aromatic carbocycles. The van der Waals surface area contributed by atoms with E-state index in [2.05, 4.69) is 4.90 Å². The van der Waals surface area contributed by atoms with Gasteiger partial charge in [-0.2, -0.15) is 13.2 Å². The van der Waals surface area contributed by atoms with Gasteiger partial charge in [-0.05, 0) is 38.8 Å². The van der Waals surface area contributed by atoms with Crippen molar-refractivity contribution in [3.8, 4) is 0 Å². The SMILES string of the molecule is O=C(CN1CCCCCC1)N1CCC(C(F)(F)F)CC1. The Morgan fingerprint density at radius 2 is 1.50 bits per heavy atom. The van der Waals surface area contributed by atoms with E-state index < -0.39 is 12.1 Å². The molecular weight excluding hydrogens is 269 g/mol. The van der Waals surface area contributed by atoms with Crippen molar-refractivity contribution in [2.45, 2.75) is 44.7 Å². The fourth-order valence-corrected chi connectivity index (χ4v) is 3.04. The molecule has 2 fully saturated rings. The van der Waals surface area contributed by atoms with Gasteiger partial charge < -0.3 is 4.90 Å². The number of hydrogen-bond acceptors (Lipinski definition) is 2. The first-order valence-corrected chi connectivity index (χ1v) is 7.53. The molecule has 0 radical (unpaired) electrons. The largest absolute Gasteiger partial charge is 0.391 e. The number of piperidine rings is 1. The van der Waals surface area contributed by atoms with E-state index in [1.165, 1.54) is 12.8 Å². The Morgan fingerprint density at radius 1 is 0.950 bits per heavy atom. The van der Waals surface area contributed by atoms with E-state index in [0.29, 0.717) is 6.54 Å². The van der Waals surface area contributed by atoms with E-state index in [-0.39, 0.29) is 31.8 Å². The highest BCUT2D eigenvalue weighted by molar-refractivity contribution is 5.78. The van der Waals surface area contributed by atoms with Crippen LogP contribution in [-0.4, -0.2) is 54.6 Å². The second-order valence-corrected chi connectivity index (χ2v) is 5.89. The number of rotatable bonds is 2. The third-order valence-electron chi connectivity index (χ3n) is 4.37. The molecule has 2 aliphatic rings. The number of likely N-dealkylation sites (tertiary alicyclic amines) is 2.